The molecule has 0 saturated heterocycles. The predicted octanol–water partition coefficient (Wildman–Crippen LogP) is 2.60. The Kier molecular flexibility index (Phi) is 3.62. The van der Waals surface area contributed by atoms with Crippen LogP contribution < -0.4 is 0 Å². The highest BCUT2D eigenvalue weighted by Crippen LogP contribution is 2.25. The topological polar surface area (TPSA) is 79.4 Å². The zero-order valence-corrected chi connectivity index (χ0v) is 10.00. The Balaban J connectivity index is 2.11. The zero-order valence-electron chi connectivity index (χ0n) is 10.00. The lowest BCUT2D eigenvalue weighted by molar-refractivity contribution is 0.402. The summed E-state index contributed by atoms with van der Waals surface area (Å²) in [6, 6.07) is 4.55. The smallest absolute Gasteiger partial charge is 0.250 e. The summed E-state index contributed by atoms with van der Waals surface area (Å²) in [5, 5.41) is 22.3. The van der Waals surface area contributed by atoms with Crippen molar-refractivity contribution < 1.29 is 14.7 Å². The Morgan fingerprint density at radius 3 is 2.78 bits per heavy atom. The van der Waals surface area contributed by atoms with Gasteiger partial charge in [0.25, 0.3) is 5.89 Å². The fourth-order valence-corrected chi connectivity index (χ4v) is 1.47. The van der Waals surface area contributed by atoms with Crippen molar-refractivity contribution >= 4 is 12.2 Å². The van der Waals surface area contributed by atoms with Gasteiger partial charge in [-0.3, -0.25) is 0 Å². The number of aromatic nitrogens is 2. The van der Waals surface area contributed by atoms with Crippen molar-refractivity contribution in [2.75, 3.05) is 0 Å². The molecular formula is C13H14N2O3. The molecule has 0 radical (unpaired) electrons. The number of nitrogens with zero attached hydrogens (tertiary/aromatic N) is 2. The third-order valence-electron chi connectivity index (χ3n) is 2.38. The molecule has 0 bridgehead atoms. The van der Waals surface area contributed by atoms with E-state index in [9.17, 15) is 10.2 Å². The first-order valence-electron chi connectivity index (χ1n) is 5.71. The van der Waals surface area contributed by atoms with E-state index >= 15 is 0 Å². The van der Waals surface area contributed by atoms with Crippen molar-refractivity contribution in [1.29, 1.82) is 0 Å². The van der Waals surface area contributed by atoms with Crippen LogP contribution in [-0.4, -0.2) is 20.4 Å². The number of aryl methyl sites for hydroxylation is 1. The SMILES string of the molecule is CCCc1noc(/C=C/c2ccc(O)c(O)c2)n1. The molecule has 0 aliphatic heterocycles. The third-order valence-corrected chi connectivity index (χ3v) is 2.38. The van der Waals surface area contributed by atoms with Crippen LogP contribution in [0.5, 0.6) is 11.5 Å². The lowest BCUT2D eigenvalue weighted by atomic mass is 10.2. The monoisotopic (exact) mass is 246 g/mol. The number of benzene rings is 1. The molecule has 0 atom stereocenters. The average molecular weight is 246 g/mol. The van der Waals surface area contributed by atoms with Gasteiger partial charge in [-0.1, -0.05) is 18.1 Å². The Morgan fingerprint density at radius 1 is 1.22 bits per heavy atom. The molecule has 18 heavy (non-hydrogen) atoms. The lowest BCUT2D eigenvalue weighted by Gasteiger charge is -1.97. The van der Waals surface area contributed by atoms with Gasteiger partial charge >= 0.3 is 0 Å². The molecule has 1 heterocycles. The van der Waals surface area contributed by atoms with Crippen molar-refractivity contribution in [3.8, 4) is 11.5 Å². The Morgan fingerprint density at radius 2 is 2.06 bits per heavy atom. The highest BCUT2D eigenvalue weighted by molar-refractivity contribution is 5.67. The van der Waals surface area contributed by atoms with E-state index in [1.54, 1.807) is 18.2 Å². The Hall–Kier alpha value is -2.30. The molecule has 0 amide bonds. The van der Waals surface area contributed by atoms with E-state index in [2.05, 4.69) is 10.1 Å². The molecule has 5 heteroatoms. The lowest BCUT2D eigenvalue weighted by Crippen LogP contribution is -1.84. The number of rotatable bonds is 4. The first-order valence-corrected chi connectivity index (χ1v) is 5.71. The summed E-state index contributed by atoms with van der Waals surface area (Å²) < 4.78 is 5.03. The highest BCUT2D eigenvalue weighted by Gasteiger charge is 2.02. The van der Waals surface area contributed by atoms with E-state index in [0.29, 0.717) is 11.7 Å². The van der Waals surface area contributed by atoms with E-state index in [0.717, 1.165) is 18.4 Å². The molecule has 5 nitrogen and oxygen atoms in total. The standard InChI is InChI=1S/C13H14N2O3/c1-2-3-12-14-13(18-15-12)7-5-9-4-6-10(16)11(17)8-9/h4-8,16-17H,2-3H2,1H3/b7-5+. The van der Waals surface area contributed by atoms with Crippen LogP contribution in [0, 0.1) is 0 Å². The second-order valence-corrected chi connectivity index (χ2v) is 3.88. The highest BCUT2D eigenvalue weighted by atomic mass is 16.5. The van der Waals surface area contributed by atoms with E-state index < -0.39 is 0 Å². The van der Waals surface area contributed by atoms with E-state index in [1.807, 2.05) is 6.92 Å². The summed E-state index contributed by atoms with van der Waals surface area (Å²) in [6.07, 6.45) is 5.15. The van der Waals surface area contributed by atoms with Crippen molar-refractivity contribution in [3.05, 3.63) is 35.5 Å². The molecule has 0 aliphatic rings. The molecule has 1 aromatic carbocycles. The number of phenols is 2. The van der Waals surface area contributed by atoms with Gasteiger partial charge in [-0.25, -0.2) is 0 Å². The normalized spacial score (nSPS) is 11.2. The van der Waals surface area contributed by atoms with Crippen LogP contribution in [0.2, 0.25) is 0 Å². The minimum Gasteiger partial charge on any atom is -0.504 e. The van der Waals surface area contributed by atoms with Gasteiger partial charge in [0.1, 0.15) is 0 Å². The molecule has 94 valence electrons. The second-order valence-electron chi connectivity index (χ2n) is 3.88. The molecule has 2 rings (SSSR count). The van der Waals surface area contributed by atoms with Gasteiger partial charge in [-0.2, -0.15) is 4.98 Å². The summed E-state index contributed by atoms with van der Waals surface area (Å²) >= 11 is 0. The van der Waals surface area contributed by atoms with Gasteiger partial charge in [-0.15, -0.1) is 0 Å². The molecule has 0 spiro atoms. The summed E-state index contributed by atoms with van der Waals surface area (Å²) in [5.41, 5.74) is 0.737. The van der Waals surface area contributed by atoms with E-state index in [-0.39, 0.29) is 11.5 Å². The minimum absolute atomic E-state index is 0.143. The number of hydrogen-bond donors (Lipinski definition) is 2. The second kappa shape index (κ2) is 5.35. The summed E-state index contributed by atoms with van der Waals surface area (Å²) in [6.45, 7) is 2.05. The van der Waals surface area contributed by atoms with Crippen LogP contribution in [0.3, 0.4) is 0 Å². The zero-order chi connectivity index (χ0) is 13.0. The van der Waals surface area contributed by atoms with E-state index in [4.69, 9.17) is 4.52 Å². The van der Waals surface area contributed by atoms with Crippen LogP contribution in [0.25, 0.3) is 12.2 Å². The Labute approximate surface area is 104 Å². The molecule has 2 N–H and O–H groups in total. The van der Waals surface area contributed by atoms with Gasteiger partial charge in [0, 0.05) is 12.5 Å². The molecule has 2 aromatic rings. The third kappa shape index (κ3) is 2.88. The van der Waals surface area contributed by atoms with Gasteiger partial charge in [0.2, 0.25) is 0 Å². The minimum atomic E-state index is -0.158. The summed E-state index contributed by atoms with van der Waals surface area (Å²) in [7, 11) is 0. The number of phenolic OH excluding ortho intramolecular Hbond substituents is 2. The Bertz CT molecular complexity index is 561. The number of aromatic hydroxyl groups is 2. The predicted molar refractivity (Wildman–Crippen MR) is 67.0 cm³/mol. The first-order chi connectivity index (χ1) is 8.69. The fraction of sp³-hybridized carbons (Fsp3) is 0.231. The molecule has 1 aromatic heterocycles. The van der Waals surface area contributed by atoms with Gasteiger partial charge in [0.05, 0.1) is 0 Å². The van der Waals surface area contributed by atoms with Gasteiger partial charge in [0.15, 0.2) is 17.3 Å². The largest absolute Gasteiger partial charge is 0.504 e. The fourth-order valence-electron chi connectivity index (χ4n) is 1.47. The molecular weight excluding hydrogens is 232 g/mol. The maximum atomic E-state index is 9.34. The summed E-state index contributed by atoms with van der Waals surface area (Å²) in [5.74, 6) is 0.807. The van der Waals surface area contributed by atoms with Crippen LogP contribution >= 0.6 is 0 Å². The maximum Gasteiger partial charge on any atom is 0.250 e. The molecule has 0 aliphatic carbocycles. The molecule has 0 fully saturated rings. The van der Waals surface area contributed by atoms with E-state index in [1.165, 1.54) is 12.1 Å². The quantitative estimate of drug-likeness (QED) is 0.810. The van der Waals surface area contributed by atoms with Crippen molar-refractivity contribution in [3.63, 3.8) is 0 Å². The van der Waals surface area contributed by atoms with Crippen LogP contribution in [0.4, 0.5) is 0 Å². The first kappa shape index (κ1) is 12.2. The van der Waals surface area contributed by atoms with Gasteiger partial charge < -0.3 is 14.7 Å². The van der Waals surface area contributed by atoms with Crippen molar-refractivity contribution in [2.24, 2.45) is 0 Å². The molecule has 0 saturated carbocycles. The average Bonchev–Trinajstić information content (AvgIpc) is 2.79. The van der Waals surface area contributed by atoms with Crippen molar-refractivity contribution in [2.45, 2.75) is 19.8 Å². The maximum absolute atomic E-state index is 9.34. The van der Waals surface area contributed by atoms with Crippen LogP contribution in [-0.2, 0) is 6.42 Å². The van der Waals surface area contributed by atoms with Crippen molar-refractivity contribution in [1.82, 2.24) is 10.1 Å². The van der Waals surface area contributed by atoms with Crippen LogP contribution in [0.1, 0.15) is 30.6 Å². The van der Waals surface area contributed by atoms with Gasteiger partial charge in [-0.05, 0) is 30.2 Å². The molecule has 0 unspecified atom stereocenters. The number of hydrogen-bond acceptors (Lipinski definition) is 5. The van der Waals surface area contributed by atoms with Crippen LogP contribution in [0.15, 0.2) is 22.7 Å². The summed E-state index contributed by atoms with van der Waals surface area (Å²) in [4.78, 5) is 4.18.